The van der Waals surface area contributed by atoms with Gasteiger partial charge in [-0.2, -0.15) is 13.2 Å². The first-order valence-electron chi connectivity index (χ1n) is 6.31. The van der Waals surface area contributed by atoms with Crippen LogP contribution in [0.3, 0.4) is 0 Å². The van der Waals surface area contributed by atoms with Crippen molar-refractivity contribution in [3.05, 3.63) is 0 Å². The molecule has 0 spiro atoms. The van der Waals surface area contributed by atoms with Crippen molar-refractivity contribution >= 4 is 5.91 Å². The molecule has 2 aliphatic heterocycles. The fourth-order valence-corrected chi connectivity index (χ4v) is 2.64. The summed E-state index contributed by atoms with van der Waals surface area (Å²) in [5, 5.41) is 2.17. The van der Waals surface area contributed by atoms with Crippen LogP contribution in [0.15, 0.2) is 0 Å². The molecule has 3 nitrogen and oxygen atoms in total. The fraction of sp³-hybridized carbons (Fsp3) is 0.917. The summed E-state index contributed by atoms with van der Waals surface area (Å²) >= 11 is 0. The maximum atomic E-state index is 12.9. The molecule has 1 amide bonds. The SMILES string of the molecule is CC[C@](C)(NC(=O)[C@@H]1C[C@H]2CC[C@H]1O2)C(F)(F)F. The van der Waals surface area contributed by atoms with Crippen molar-refractivity contribution in [3.63, 3.8) is 0 Å². The third kappa shape index (κ3) is 2.22. The van der Waals surface area contributed by atoms with Crippen molar-refractivity contribution in [1.82, 2.24) is 5.32 Å². The summed E-state index contributed by atoms with van der Waals surface area (Å²) in [4.78, 5) is 12.0. The van der Waals surface area contributed by atoms with Crippen LogP contribution in [-0.4, -0.2) is 29.8 Å². The first-order chi connectivity index (χ1) is 8.27. The first-order valence-corrected chi connectivity index (χ1v) is 6.31. The Labute approximate surface area is 104 Å². The minimum Gasteiger partial charge on any atom is -0.374 e. The number of nitrogens with one attached hydrogen (secondary N) is 1. The van der Waals surface area contributed by atoms with Crippen molar-refractivity contribution in [2.24, 2.45) is 5.92 Å². The second kappa shape index (κ2) is 4.40. The van der Waals surface area contributed by atoms with Crippen LogP contribution in [0.1, 0.15) is 39.5 Å². The summed E-state index contributed by atoms with van der Waals surface area (Å²) in [5.74, 6) is -0.944. The molecular weight excluding hydrogens is 247 g/mol. The third-order valence-electron chi connectivity index (χ3n) is 4.17. The summed E-state index contributed by atoms with van der Waals surface area (Å²) in [6.45, 7) is 2.45. The zero-order chi connectivity index (χ0) is 13.6. The highest BCUT2D eigenvalue weighted by molar-refractivity contribution is 5.80. The van der Waals surface area contributed by atoms with E-state index in [-0.39, 0.29) is 18.6 Å². The van der Waals surface area contributed by atoms with E-state index in [1.807, 2.05) is 0 Å². The number of halogens is 3. The lowest BCUT2D eigenvalue weighted by atomic mass is 9.87. The van der Waals surface area contributed by atoms with E-state index in [9.17, 15) is 18.0 Å². The molecular formula is C12H18F3NO2. The highest BCUT2D eigenvalue weighted by Gasteiger charge is 2.53. The predicted molar refractivity (Wildman–Crippen MR) is 58.9 cm³/mol. The standard InChI is InChI=1S/C12H18F3NO2/c1-3-11(2,12(13,14)15)16-10(17)8-6-7-4-5-9(8)18-7/h7-9H,3-6H2,1-2H3,(H,16,17)/t7-,8-,9-,11+/m1/s1. The maximum Gasteiger partial charge on any atom is 0.411 e. The van der Waals surface area contributed by atoms with Gasteiger partial charge in [0.15, 0.2) is 0 Å². The van der Waals surface area contributed by atoms with E-state index >= 15 is 0 Å². The van der Waals surface area contributed by atoms with Crippen LogP contribution in [0.4, 0.5) is 13.2 Å². The number of fused-ring (bicyclic) bond motifs is 2. The molecule has 0 unspecified atom stereocenters. The summed E-state index contributed by atoms with van der Waals surface area (Å²) in [6.07, 6.45) is -2.50. The van der Waals surface area contributed by atoms with Crippen LogP contribution in [0.2, 0.25) is 0 Å². The molecule has 2 heterocycles. The Hall–Kier alpha value is -0.780. The molecule has 4 atom stereocenters. The monoisotopic (exact) mass is 265 g/mol. The van der Waals surface area contributed by atoms with E-state index in [4.69, 9.17) is 4.74 Å². The van der Waals surface area contributed by atoms with Gasteiger partial charge in [-0.3, -0.25) is 4.79 Å². The van der Waals surface area contributed by atoms with Crippen molar-refractivity contribution in [2.45, 2.75) is 63.5 Å². The fourth-order valence-electron chi connectivity index (χ4n) is 2.64. The van der Waals surface area contributed by atoms with Crippen molar-refractivity contribution in [2.75, 3.05) is 0 Å². The van der Waals surface area contributed by atoms with Gasteiger partial charge in [-0.25, -0.2) is 0 Å². The van der Waals surface area contributed by atoms with Gasteiger partial charge >= 0.3 is 6.18 Å². The predicted octanol–water partition coefficient (Wildman–Crippen LogP) is 2.40. The Balaban J connectivity index is 2.02. The van der Waals surface area contributed by atoms with Crippen LogP contribution in [0.25, 0.3) is 0 Å². The van der Waals surface area contributed by atoms with Gasteiger partial charge in [-0.1, -0.05) is 6.92 Å². The van der Waals surface area contributed by atoms with Gasteiger partial charge in [0.2, 0.25) is 5.91 Å². The van der Waals surface area contributed by atoms with Crippen molar-refractivity contribution in [3.8, 4) is 0 Å². The van der Waals surface area contributed by atoms with E-state index < -0.39 is 23.5 Å². The molecule has 1 N–H and O–H groups in total. The highest BCUT2D eigenvalue weighted by atomic mass is 19.4. The lowest BCUT2D eigenvalue weighted by Gasteiger charge is -2.33. The summed E-state index contributed by atoms with van der Waals surface area (Å²) in [5.41, 5.74) is -2.15. The molecule has 18 heavy (non-hydrogen) atoms. The van der Waals surface area contributed by atoms with E-state index in [1.165, 1.54) is 6.92 Å². The Kier molecular flexibility index (Phi) is 3.34. The average molecular weight is 265 g/mol. The van der Waals surface area contributed by atoms with Gasteiger partial charge in [0.25, 0.3) is 0 Å². The van der Waals surface area contributed by atoms with E-state index in [2.05, 4.69) is 5.32 Å². The van der Waals surface area contributed by atoms with E-state index in [0.29, 0.717) is 6.42 Å². The molecule has 2 aliphatic rings. The zero-order valence-corrected chi connectivity index (χ0v) is 10.5. The molecule has 0 aromatic carbocycles. The van der Waals surface area contributed by atoms with Crippen LogP contribution in [-0.2, 0) is 9.53 Å². The molecule has 104 valence electrons. The number of hydrogen-bond donors (Lipinski definition) is 1. The van der Waals surface area contributed by atoms with Crippen LogP contribution >= 0.6 is 0 Å². The lowest BCUT2D eigenvalue weighted by molar-refractivity contribution is -0.195. The van der Waals surface area contributed by atoms with Gasteiger partial charge in [0.1, 0.15) is 5.54 Å². The van der Waals surface area contributed by atoms with Crippen molar-refractivity contribution < 1.29 is 22.7 Å². The first kappa shape index (κ1) is 13.6. The Morgan fingerprint density at radius 1 is 1.39 bits per heavy atom. The summed E-state index contributed by atoms with van der Waals surface area (Å²) in [6, 6.07) is 0. The largest absolute Gasteiger partial charge is 0.411 e. The van der Waals surface area contributed by atoms with Gasteiger partial charge < -0.3 is 10.1 Å². The second-order valence-corrected chi connectivity index (χ2v) is 5.39. The molecule has 2 rings (SSSR count). The molecule has 6 heteroatoms. The molecule has 0 aromatic rings. The number of hydrogen-bond acceptors (Lipinski definition) is 2. The number of amides is 1. The molecule has 2 fully saturated rings. The number of carbonyl (C=O) groups is 1. The van der Waals surface area contributed by atoms with Crippen LogP contribution in [0, 0.1) is 5.92 Å². The van der Waals surface area contributed by atoms with E-state index in [0.717, 1.165) is 19.8 Å². The Bertz CT molecular complexity index is 345. The molecule has 0 aliphatic carbocycles. The molecule has 2 bridgehead atoms. The van der Waals surface area contributed by atoms with Gasteiger partial charge in [-0.15, -0.1) is 0 Å². The zero-order valence-electron chi connectivity index (χ0n) is 10.5. The number of ether oxygens (including phenoxy) is 1. The topological polar surface area (TPSA) is 38.3 Å². The highest BCUT2D eigenvalue weighted by Crippen LogP contribution is 2.40. The Morgan fingerprint density at radius 2 is 2.06 bits per heavy atom. The van der Waals surface area contributed by atoms with Crippen LogP contribution in [0.5, 0.6) is 0 Å². The third-order valence-corrected chi connectivity index (χ3v) is 4.17. The maximum absolute atomic E-state index is 12.9. The summed E-state index contributed by atoms with van der Waals surface area (Å²) < 4.78 is 44.2. The smallest absolute Gasteiger partial charge is 0.374 e. The number of rotatable bonds is 3. The molecule has 2 saturated heterocycles. The molecule has 0 radical (unpaired) electrons. The second-order valence-electron chi connectivity index (χ2n) is 5.39. The number of carbonyl (C=O) groups excluding carboxylic acids is 1. The van der Waals surface area contributed by atoms with E-state index in [1.54, 1.807) is 0 Å². The van der Waals surface area contributed by atoms with Gasteiger partial charge in [0, 0.05) is 0 Å². The quantitative estimate of drug-likeness (QED) is 0.851. The van der Waals surface area contributed by atoms with Gasteiger partial charge in [0.05, 0.1) is 18.1 Å². The molecule has 0 aromatic heterocycles. The van der Waals surface area contributed by atoms with Crippen LogP contribution < -0.4 is 5.32 Å². The number of alkyl halides is 3. The lowest BCUT2D eigenvalue weighted by Crippen LogP contribution is -2.58. The minimum atomic E-state index is -4.43. The summed E-state index contributed by atoms with van der Waals surface area (Å²) in [7, 11) is 0. The Morgan fingerprint density at radius 3 is 2.44 bits per heavy atom. The minimum absolute atomic E-state index is 0.0597. The average Bonchev–Trinajstić information content (AvgIpc) is 2.88. The van der Waals surface area contributed by atoms with Crippen molar-refractivity contribution in [1.29, 1.82) is 0 Å². The molecule has 0 saturated carbocycles. The van der Waals surface area contributed by atoms with Gasteiger partial charge in [-0.05, 0) is 32.6 Å². The normalized spacial score (nSPS) is 34.4.